The number of carbonyl (C=O) groups is 2. The van der Waals surface area contributed by atoms with E-state index in [2.05, 4.69) is 27.7 Å². The van der Waals surface area contributed by atoms with Crippen molar-refractivity contribution in [2.45, 2.75) is 32.4 Å². The van der Waals surface area contributed by atoms with Crippen LogP contribution in [0.25, 0.3) is 11.3 Å². The van der Waals surface area contributed by atoms with Gasteiger partial charge in [0, 0.05) is 30.9 Å². The quantitative estimate of drug-likeness (QED) is 0.322. The number of esters is 1. The van der Waals surface area contributed by atoms with Gasteiger partial charge in [0.25, 0.3) is 5.91 Å². The number of benzene rings is 3. The van der Waals surface area contributed by atoms with E-state index in [0.717, 1.165) is 49.3 Å². The molecule has 5 rings (SSSR count). The average molecular weight is 498 g/mol. The number of anilines is 2. The van der Waals surface area contributed by atoms with Gasteiger partial charge in [-0.25, -0.2) is 4.79 Å². The van der Waals surface area contributed by atoms with E-state index in [1.54, 1.807) is 25.1 Å². The first kappa shape index (κ1) is 24.7. The van der Waals surface area contributed by atoms with E-state index in [9.17, 15) is 14.7 Å². The van der Waals surface area contributed by atoms with Crippen LogP contribution in [0.15, 0.2) is 72.8 Å². The maximum atomic E-state index is 13.2. The van der Waals surface area contributed by atoms with E-state index in [4.69, 9.17) is 4.74 Å². The Morgan fingerprint density at radius 1 is 1.03 bits per heavy atom. The van der Waals surface area contributed by atoms with Gasteiger partial charge < -0.3 is 20.5 Å². The van der Waals surface area contributed by atoms with Gasteiger partial charge in [0.1, 0.15) is 0 Å². The van der Waals surface area contributed by atoms with Gasteiger partial charge in [0.15, 0.2) is 0 Å². The molecular formula is C30H31N3O4. The fourth-order valence-electron chi connectivity index (χ4n) is 4.82. The highest BCUT2D eigenvalue weighted by Gasteiger charge is 2.29. The van der Waals surface area contributed by atoms with Crippen LogP contribution in [0.4, 0.5) is 11.4 Å². The lowest BCUT2D eigenvalue weighted by Gasteiger charge is -2.29. The summed E-state index contributed by atoms with van der Waals surface area (Å²) >= 11 is 0. The number of rotatable bonds is 7. The van der Waals surface area contributed by atoms with Crippen LogP contribution in [-0.2, 0) is 16.1 Å². The maximum Gasteiger partial charge on any atom is 0.338 e. The van der Waals surface area contributed by atoms with Crippen molar-refractivity contribution in [1.29, 1.82) is 0 Å². The molecule has 0 saturated carbocycles. The van der Waals surface area contributed by atoms with E-state index in [-0.39, 0.29) is 18.6 Å². The normalized spacial score (nSPS) is 17.2. The van der Waals surface area contributed by atoms with Crippen LogP contribution in [0.1, 0.15) is 46.8 Å². The van der Waals surface area contributed by atoms with Crippen LogP contribution in [-0.4, -0.2) is 47.7 Å². The zero-order valence-corrected chi connectivity index (χ0v) is 20.9. The topological polar surface area (TPSA) is 90.9 Å². The number of aliphatic hydroxyl groups excluding tert-OH is 1. The van der Waals surface area contributed by atoms with E-state index < -0.39 is 5.97 Å². The number of nitrogens with one attached hydrogen (secondary N) is 2. The number of piperidine rings is 1. The van der Waals surface area contributed by atoms with Crippen molar-refractivity contribution in [2.24, 2.45) is 0 Å². The van der Waals surface area contributed by atoms with Crippen molar-refractivity contribution in [3.63, 3.8) is 0 Å². The molecule has 3 aromatic rings. The minimum absolute atomic E-state index is 0.179. The van der Waals surface area contributed by atoms with E-state index >= 15 is 0 Å². The number of hydrogen-bond acceptors (Lipinski definition) is 6. The first-order valence-corrected chi connectivity index (χ1v) is 12.7. The van der Waals surface area contributed by atoms with Crippen molar-refractivity contribution in [2.75, 3.05) is 30.3 Å². The second-order valence-electron chi connectivity index (χ2n) is 9.38. The van der Waals surface area contributed by atoms with Crippen molar-refractivity contribution < 1.29 is 19.4 Å². The zero-order chi connectivity index (χ0) is 25.8. The summed E-state index contributed by atoms with van der Waals surface area (Å²) < 4.78 is 5.11. The average Bonchev–Trinajstić information content (AvgIpc) is 3.25. The molecule has 0 unspecified atom stereocenters. The Morgan fingerprint density at radius 2 is 1.76 bits per heavy atom. The predicted molar refractivity (Wildman–Crippen MR) is 145 cm³/mol. The molecule has 0 atom stereocenters. The number of aliphatic hydroxyl groups is 1. The Bertz CT molecular complexity index is 1310. The van der Waals surface area contributed by atoms with Crippen molar-refractivity contribution in [1.82, 2.24) is 4.90 Å². The fourth-order valence-corrected chi connectivity index (χ4v) is 4.82. The lowest BCUT2D eigenvalue weighted by molar-refractivity contribution is -0.110. The Kier molecular flexibility index (Phi) is 7.35. The summed E-state index contributed by atoms with van der Waals surface area (Å²) in [6.45, 7) is 4.69. The van der Waals surface area contributed by atoms with E-state index in [1.165, 1.54) is 5.56 Å². The molecule has 2 aliphatic heterocycles. The summed E-state index contributed by atoms with van der Waals surface area (Å²) in [5.41, 5.74) is 5.88. The van der Waals surface area contributed by atoms with Crippen LogP contribution in [0, 0.1) is 0 Å². The van der Waals surface area contributed by atoms with Gasteiger partial charge in [-0.05, 0) is 55.2 Å². The molecule has 37 heavy (non-hydrogen) atoms. The van der Waals surface area contributed by atoms with Gasteiger partial charge in [0.2, 0.25) is 0 Å². The highest BCUT2D eigenvalue weighted by Crippen LogP contribution is 2.38. The number of hydrogen-bond donors (Lipinski definition) is 3. The third-order valence-electron chi connectivity index (χ3n) is 6.77. The monoisotopic (exact) mass is 497 g/mol. The van der Waals surface area contributed by atoms with Crippen LogP contribution >= 0.6 is 0 Å². The summed E-state index contributed by atoms with van der Waals surface area (Å²) in [6, 6.07) is 23.1. The van der Waals surface area contributed by atoms with Gasteiger partial charge in [0.05, 0.1) is 35.2 Å². The first-order chi connectivity index (χ1) is 18.0. The predicted octanol–water partition coefficient (Wildman–Crippen LogP) is 4.75. The van der Waals surface area contributed by atoms with Gasteiger partial charge in [-0.2, -0.15) is 0 Å². The molecule has 3 N–H and O–H groups in total. The molecule has 0 aromatic heterocycles. The van der Waals surface area contributed by atoms with Gasteiger partial charge >= 0.3 is 5.97 Å². The lowest BCUT2D eigenvalue weighted by Crippen LogP contribution is -2.35. The summed E-state index contributed by atoms with van der Waals surface area (Å²) in [7, 11) is 0. The molecule has 2 heterocycles. The Morgan fingerprint density at radius 3 is 2.46 bits per heavy atom. The molecule has 0 radical (unpaired) electrons. The molecule has 2 aliphatic rings. The molecule has 190 valence electrons. The zero-order valence-electron chi connectivity index (χ0n) is 20.9. The minimum atomic E-state index is -0.417. The largest absolute Gasteiger partial charge is 0.462 e. The minimum Gasteiger partial charge on any atom is -0.462 e. The summed E-state index contributed by atoms with van der Waals surface area (Å²) in [4.78, 5) is 27.7. The summed E-state index contributed by atoms with van der Waals surface area (Å²) in [6.07, 6.45) is 1.46. The molecule has 7 heteroatoms. The smallest absolute Gasteiger partial charge is 0.338 e. The van der Waals surface area contributed by atoms with Gasteiger partial charge in [-0.3, -0.25) is 9.69 Å². The van der Waals surface area contributed by atoms with Crippen molar-refractivity contribution in [3.8, 4) is 0 Å². The van der Waals surface area contributed by atoms with Crippen molar-refractivity contribution in [3.05, 3.63) is 95.1 Å². The second-order valence-corrected chi connectivity index (χ2v) is 9.38. The summed E-state index contributed by atoms with van der Waals surface area (Å²) in [5.74, 6) is -0.648. The van der Waals surface area contributed by atoms with Crippen LogP contribution < -0.4 is 10.6 Å². The Hall–Kier alpha value is -3.94. The molecule has 0 bridgehead atoms. The Labute approximate surface area is 216 Å². The number of amides is 1. The van der Waals surface area contributed by atoms with Gasteiger partial charge in [-0.15, -0.1) is 0 Å². The van der Waals surface area contributed by atoms with E-state index in [1.807, 2.05) is 42.5 Å². The van der Waals surface area contributed by atoms with E-state index in [0.29, 0.717) is 22.5 Å². The molecule has 1 fully saturated rings. The second kappa shape index (κ2) is 11.0. The number of fused-ring (bicyclic) bond motifs is 1. The van der Waals surface area contributed by atoms with Crippen LogP contribution in [0.3, 0.4) is 0 Å². The Balaban J connectivity index is 1.44. The van der Waals surface area contributed by atoms with Crippen molar-refractivity contribution >= 4 is 34.5 Å². The molecule has 3 aromatic carbocycles. The molecule has 1 amide bonds. The number of nitrogens with zero attached hydrogens (tertiary/aromatic N) is 1. The fraction of sp³-hybridized carbons (Fsp3) is 0.267. The standard InChI is InChI=1S/C30H31N3O4/c1-2-37-30(36)22-10-13-25-26(18-22)32-29(35)27(25)28(21-6-4-3-5-7-21)31-23-11-8-20(9-12-23)19-33-16-14-24(34)15-17-33/h3-13,18,24,31,34H,2,14-17,19H2,1H3,(H,32,35)/b28-27-. The molecule has 0 aliphatic carbocycles. The highest BCUT2D eigenvalue weighted by molar-refractivity contribution is 6.37. The number of carbonyl (C=O) groups excluding carboxylic acids is 2. The van der Waals surface area contributed by atoms with Gasteiger partial charge in [-0.1, -0.05) is 48.5 Å². The number of ether oxygens (including phenoxy) is 1. The molecule has 1 saturated heterocycles. The highest BCUT2D eigenvalue weighted by atomic mass is 16.5. The number of likely N-dealkylation sites (tertiary alicyclic amines) is 1. The van der Waals surface area contributed by atoms with Crippen LogP contribution in [0.2, 0.25) is 0 Å². The van der Waals surface area contributed by atoms with Crippen LogP contribution in [0.5, 0.6) is 0 Å². The summed E-state index contributed by atoms with van der Waals surface area (Å²) in [5, 5.41) is 16.1. The molecule has 7 nitrogen and oxygen atoms in total. The molecular weight excluding hydrogens is 466 g/mol. The lowest BCUT2D eigenvalue weighted by atomic mass is 9.99. The SMILES string of the molecule is CCOC(=O)c1ccc2c(c1)NC(=O)/C2=C(\Nc1ccc(CN2CCC(O)CC2)cc1)c1ccccc1. The third kappa shape index (κ3) is 5.58. The first-order valence-electron chi connectivity index (χ1n) is 12.7. The molecule has 0 spiro atoms. The maximum absolute atomic E-state index is 13.2. The third-order valence-corrected chi connectivity index (χ3v) is 6.77.